The molecule has 0 radical (unpaired) electrons. The van der Waals surface area contributed by atoms with Gasteiger partial charge in [0.1, 0.15) is 11.6 Å². The molecule has 1 aliphatic heterocycles. The molecule has 0 aliphatic carbocycles. The molecule has 0 atom stereocenters. The smallest absolute Gasteiger partial charge is 0.387 e. The van der Waals surface area contributed by atoms with Crippen LogP contribution in [-0.4, -0.2) is 25.6 Å². The molecule has 1 amide bonds. The fourth-order valence-corrected chi connectivity index (χ4v) is 2.70. The number of hydrogen-bond donors (Lipinski definition) is 2. The van der Waals surface area contributed by atoms with Crippen molar-refractivity contribution in [2.24, 2.45) is 5.92 Å². The molecule has 1 aromatic carbocycles. The van der Waals surface area contributed by atoms with E-state index in [1.165, 1.54) is 12.1 Å². The molecule has 0 bridgehead atoms. The van der Waals surface area contributed by atoms with Crippen LogP contribution in [0.2, 0.25) is 0 Å². The van der Waals surface area contributed by atoms with Crippen molar-refractivity contribution in [3.63, 3.8) is 0 Å². The number of nitrogens with one attached hydrogen (secondary N) is 2. The Balaban J connectivity index is 0.00000288. The lowest BCUT2D eigenvalue weighted by Gasteiger charge is -2.22. The normalized spacial score (nSPS) is 15.0. The Morgan fingerprint density at radius 3 is 2.71 bits per heavy atom. The zero-order valence-electron chi connectivity index (χ0n) is 13.2. The first kappa shape index (κ1) is 20.6. The Hall–Kier alpha value is -1.47. The zero-order chi connectivity index (χ0) is 16.7. The topological polar surface area (TPSA) is 50.4 Å². The largest absolute Gasteiger partial charge is 0.434 e. The quantitative estimate of drug-likeness (QED) is 0.779. The summed E-state index contributed by atoms with van der Waals surface area (Å²) in [5, 5.41) is 5.83. The van der Waals surface area contributed by atoms with Gasteiger partial charge in [-0.05, 0) is 50.4 Å². The third-order valence-electron chi connectivity index (χ3n) is 3.99. The summed E-state index contributed by atoms with van der Waals surface area (Å²) in [6.45, 7) is -1.27. The first-order valence-corrected chi connectivity index (χ1v) is 7.76. The Bertz CT molecular complexity index is 526. The summed E-state index contributed by atoms with van der Waals surface area (Å²) in [6, 6.07) is 3.69. The van der Waals surface area contributed by atoms with Crippen LogP contribution >= 0.6 is 12.4 Å². The van der Waals surface area contributed by atoms with E-state index in [0.29, 0.717) is 12.3 Å². The Morgan fingerprint density at radius 1 is 1.33 bits per heavy atom. The van der Waals surface area contributed by atoms with E-state index in [-0.39, 0.29) is 36.2 Å². The second-order valence-electron chi connectivity index (χ2n) is 5.60. The van der Waals surface area contributed by atoms with Crippen LogP contribution in [0.4, 0.5) is 13.2 Å². The van der Waals surface area contributed by atoms with Crippen LogP contribution in [0.5, 0.6) is 5.75 Å². The minimum absolute atomic E-state index is 0. The van der Waals surface area contributed by atoms with Crippen LogP contribution in [0.25, 0.3) is 0 Å². The van der Waals surface area contributed by atoms with Gasteiger partial charge in [-0.25, -0.2) is 4.39 Å². The van der Waals surface area contributed by atoms with Crippen molar-refractivity contribution < 1.29 is 22.7 Å². The molecular formula is C16H22ClF3N2O2. The molecule has 1 aromatic rings. The summed E-state index contributed by atoms with van der Waals surface area (Å²) in [7, 11) is 0. The number of hydrogen-bond acceptors (Lipinski definition) is 3. The van der Waals surface area contributed by atoms with Gasteiger partial charge in [0, 0.05) is 18.5 Å². The average molecular weight is 367 g/mol. The maximum absolute atomic E-state index is 13.7. The van der Waals surface area contributed by atoms with Crippen molar-refractivity contribution in [1.82, 2.24) is 10.6 Å². The number of carbonyl (C=O) groups excluding carboxylic acids is 1. The van der Waals surface area contributed by atoms with Crippen molar-refractivity contribution in [3.05, 3.63) is 29.6 Å². The summed E-state index contributed by atoms with van der Waals surface area (Å²) in [6.07, 6.45) is 3.23. The number of halogens is 4. The van der Waals surface area contributed by atoms with Crippen molar-refractivity contribution in [1.29, 1.82) is 0 Å². The van der Waals surface area contributed by atoms with Crippen molar-refractivity contribution in [2.75, 3.05) is 13.1 Å². The van der Waals surface area contributed by atoms with E-state index < -0.39 is 12.4 Å². The number of piperidine rings is 1. The highest BCUT2D eigenvalue weighted by Gasteiger charge is 2.16. The first-order chi connectivity index (χ1) is 11.1. The Kier molecular flexibility index (Phi) is 8.92. The van der Waals surface area contributed by atoms with Crippen LogP contribution in [0.15, 0.2) is 18.2 Å². The minimum Gasteiger partial charge on any atom is -0.434 e. The molecule has 4 nitrogen and oxygen atoms in total. The maximum atomic E-state index is 13.7. The molecule has 0 spiro atoms. The van der Waals surface area contributed by atoms with Crippen LogP contribution in [0.3, 0.4) is 0 Å². The lowest BCUT2D eigenvalue weighted by molar-refractivity contribution is -0.121. The van der Waals surface area contributed by atoms with Gasteiger partial charge in [0.2, 0.25) is 5.91 Å². The van der Waals surface area contributed by atoms with Crippen LogP contribution in [0, 0.1) is 11.7 Å². The minimum atomic E-state index is -3.04. The van der Waals surface area contributed by atoms with Gasteiger partial charge in [0.25, 0.3) is 0 Å². The molecule has 8 heteroatoms. The Labute approximate surface area is 145 Å². The molecule has 136 valence electrons. The van der Waals surface area contributed by atoms with E-state index in [1.54, 1.807) is 0 Å². The first-order valence-electron chi connectivity index (χ1n) is 7.76. The summed E-state index contributed by atoms with van der Waals surface area (Å²) >= 11 is 0. The predicted molar refractivity (Wildman–Crippen MR) is 87.0 cm³/mol. The molecule has 2 rings (SSSR count). The van der Waals surface area contributed by atoms with Crippen LogP contribution in [-0.2, 0) is 11.3 Å². The van der Waals surface area contributed by atoms with Crippen molar-refractivity contribution in [2.45, 2.75) is 38.8 Å². The second kappa shape index (κ2) is 10.4. The van der Waals surface area contributed by atoms with Crippen LogP contribution < -0.4 is 15.4 Å². The lowest BCUT2D eigenvalue weighted by atomic mass is 9.93. The van der Waals surface area contributed by atoms with E-state index >= 15 is 0 Å². The highest BCUT2D eigenvalue weighted by Crippen LogP contribution is 2.23. The van der Waals surface area contributed by atoms with Gasteiger partial charge in [-0.2, -0.15) is 8.78 Å². The molecule has 24 heavy (non-hydrogen) atoms. The number of alkyl halides is 2. The van der Waals surface area contributed by atoms with E-state index in [1.807, 2.05) is 0 Å². The molecular weight excluding hydrogens is 345 g/mol. The zero-order valence-corrected chi connectivity index (χ0v) is 14.0. The van der Waals surface area contributed by atoms with E-state index in [9.17, 15) is 18.0 Å². The number of amides is 1. The number of carbonyl (C=O) groups is 1. The van der Waals surface area contributed by atoms with Crippen molar-refractivity contribution in [3.8, 4) is 5.75 Å². The lowest BCUT2D eigenvalue weighted by Crippen LogP contribution is -2.29. The van der Waals surface area contributed by atoms with E-state index in [2.05, 4.69) is 15.4 Å². The molecule has 1 aliphatic rings. The second-order valence-corrected chi connectivity index (χ2v) is 5.60. The SMILES string of the molecule is Cl.O=C(CCC1CCNCC1)NCc1c(F)cccc1OC(F)F. The average Bonchev–Trinajstić information content (AvgIpc) is 2.53. The van der Waals surface area contributed by atoms with Gasteiger partial charge in [-0.1, -0.05) is 6.07 Å². The van der Waals surface area contributed by atoms with Crippen molar-refractivity contribution >= 4 is 18.3 Å². The maximum Gasteiger partial charge on any atom is 0.387 e. The Morgan fingerprint density at radius 2 is 2.04 bits per heavy atom. The van der Waals surface area contributed by atoms with Gasteiger partial charge in [0.05, 0.1) is 0 Å². The van der Waals surface area contributed by atoms with Crippen LogP contribution in [0.1, 0.15) is 31.2 Å². The fraction of sp³-hybridized carbons (Fsp3) is 0.562. The summed E-state index contributed by atoms with van der Waals surface area (Å²) in [4.78, 5) is 11.9. The molecule has 0 saturated carbocycles. The van der Waals surface area contributed by atoms with Gasteiger partial charge in [0.15, 0.2) is 0 Å². The van der Waals surface area contributed by atoms with Gasteiger partial charge >= 0.3 is 6.61 Å². The van der Waals surface area contributed by atoms with E-state index in [0.717, 1.165) is 38.4 Å². The molecule has 0 unspecified atom stereocenters. The number of ether oxygens (including phenoxy) is 1. The highest BCUT2D eigenvalue weighted by atomic mass is 35.5. The summed E-state index contributed by atoms with van der Waals surface area (Å²) < 4.78 is 42.7. The summed E-state index contributed by atoms with van der Waals surface area (Å²) in [5.41, 5.74) is -0.0667. The molecule has 1 heterocycles. The summed E-state index contributed by atoms with van der Waals surface area (Å²) in [5.74, 6) is -0.622. The standard InChI is InChI=1S/C16H21F3N2O2.ClH/c17-13-2-1-3-14(23-16(18)19)12(13)10-21-15(22)5-4-11-6-8-20-9-7-11;/h1-3,11,16,20H,4-10H2,(H,21,22);1H. The van der Waals surface area contributed by atoms with E-state index in [4.69, 9.17) is 0 Å². The van der Waals surface area contributed by atoms with Gasteiger partial charge in [-0.15, -0.1) is 12.4 Å². The molecule has 1 saturated heterocycles. The number of benzene rings is 1. The predicted octanol–water partition coefficient (Wildman–Crippen LogP) is 3.24. The van der Waals surface area contributed by atoms with Gasteiger partial charge < -0.3 is 15.4 Å². The molecule has 2 N–H and O–H groups in total. The third-order valence-corrected chi connectivity index (χ3v) is 3.99. The fourth-order valence-electron chi connectivity index (χ4n) is 2.70. The number of rotatable bonds is 7. The molecule has 1 fully saturated rings. The molecule has 0 aromatic heterocycles. The highest BCUT2D eigenvalue weighted by molar-refractivity contribution is 5.85. The monoisotopic (exact) mass is 366 g/mol. The third kappa shape index (κ3) is 6.57. The van der Waals surface area contributed by atoms with Gasteiger partial charge in [-0.3, -0.25) is 4.79 Å².